The summed E-state index contributed by atoms with van der Waals surface area (Å²) in [5.74, 6) is 0.827. The van der Waals surface area contributed by atoms with Crippen LogP contribution >= 0.6 is 0 Å². The molecular weight excluding hydrogens is 617 g/mol. The van der Waals surface area contributed by atoms with Crippen molar-refractivity contribution in [2.45, 2.75) is 84.3 Å². The van der Waals surface area contributed by atoms with E-state index in [1.807, 2.05) is 33.8 Å². The summed E-state index contributed by atoms with van der Waals surface area (Å²) in [6, 6.07) is 3.66. The van der Waals surface area contributed by atoms with Crippen LogP contribution in [0.5, 0.6) is 5.75 Å². The third-order valence-corrected chi connectivity index (χ3v) is 8.09. The van der Waals surface area contributed by atoms with Gasteiger partial charge in [-0.25, -0.2) is 9.78 Å². The number of fused-ring (bicyclic) bond motifs is 1. The molecule has 4 heterocycles. The molecule has 1 aliphatic heterocycles. The molecule has 0 unspecified atom stereocenters. The first-order chi connectivity index (χ1) is 22.0. The smallest absolute Gasteiger partial charge is 0.461 e. The normalized spacial score (nSPS) is 19.6. The number of ether oxygens (including phenoxy) is 3. The first-order valence-electron chi connectivity index (χ1n) is 14.6. The zero-order valence-corrected chi connectivity index (χ0v) is 26.7. The molecule has 3 aromatic heterocycles. The van der Waals surface area contributed by atoms with Crippen LogP contribution in [0.3, 0.4) is 0 Å². The first-order valence-corrected chi connectivity index (χ1v) is 14.6. The topological polar surface area (TPSA) is 185 Å². The fourth-order valence-electron chi connectivity index (χ4n) is 5.96. The molecule has 0 aliphatic carbocycles. The monoisotopic (exact) mass is 651 g/mol. The van der Waals surface area contributed by atoms with Gasteiger partial charge in [-0.2, -0.15) is 9.37 Å². The molecule has 0 bridgehead atoms. The molecule has 47 heavy (non-hydrogen) atoms. The molecular formula is C32H34FN5O9. The Hall–Kier alpha value is -5.07. The molecule has 0 spiro atoms. The number of aliphatic hydroxyl groups excluding tert-OH is 1. The highest BCUT2D eigenvalue weighted by Gasteiger charge is 2.49. The summed E-state index contributed by atoms with van der Waals surface area (Å²) in [5.41, 5.74) is -0.609. The largest absolute Gasteiger partial charge is 0.519 e. The minimum absolute atomic E-state index is 0.000581. The maximum Gasteiger partial charge on any atom is 0.519 e. The van der Waals surface area contributed by atoms with E-state index in [4.69, 9.17) is 34.9 Å². The molecule has 5 rings (SSSR count). The lowest BCUT2D eigenvalue weighted by Crippen LogP contribution is -2.43. The van der Waals surface area contributed by atoms with Crippen molar-refractivity contribution in [1.82, 2.24) is 19.1 Å². The average Bonchev–Trinajstić information content (AvgIpc) is 3.62. The van der Waals surface area contributed by atoms with Crippen molar-refractivity contribution < 1.29 is 42.1 Å². The second-order valence-corrected chi connectivity index (χ2v) is 12.2. The van der Waals surface area contributed by atoms with E-state index in [0.29, 0.717) is 11.3 Å². The lowest BCUT2D eigenvalue weighted by molar-refractivity contribution is -0.157. The Morgan fingerprint density at radius 3 is 2.64 bits per heavy atom. The van der Waals surface area contributed by atoms with Gasteiger partial charge in [-0.05, 0) is 38.0 Å². The van der Waals surface area contributed by atoms with Gasteiger partial charge in [-0.3, -0.25) is 24.1 Å². The summed E-state index contributed by atoms with van der Waals surface area (Å²) < 4.78 is 44.2. The summed E-state index contributed by atoms with van der Waals surface area (Å²) in [5, 5.41) is 19.5. The minimum Gasteiger partial charge on any atom is -0.461 e. The number of hydrogen-bond donors (Lipinski definition) is 2. The van der Waals surface area contributed by atoms with Crippen molar-refractivity contribution in [3.63, 3.8) is 0 Å². The second-order valence-electron chi connectivity index (χ2n) is 12.2. The second kappa shape index (κ2) is 12.3. The lowest BCUT2D eigenvalue weighted by Gasteiger charge is -2.30. The van der Waals surface area contributed by atoms with E-state index in [-0.39, 0.29) is 47.6 Å². The molecule has 3 atom stereocenters. The molecule has 15 heteroatoms. The summed E-state index contributed by atoms with van der Waals surface area (Å²) in [7, 11) is 0. The Morgan fingerprint density at radius 2 is 2.00 bits per heavy atom. The average molecular weight is 652 g/mol. The molecule has 1 aromatic carbocycles. The Bertz CT molecular complexity index is 2050. The fraction of sp³-hybridized carbons (Fsp3) is 0.438. The van der Waals surface area contributed by atoms with E-state index in [0.717, 1.165) is 15.7 Å². The summed E-state index contributed by atoms with van der Waals surface area (Å²) in [6.07, 6.45) is 3.49. The van der Waals surface area contributed by atoms with Crippen LogP contribution in [0.4, 0.5) is 4.39 Å². The van der Waals surface area contributed by atoms with E-state index in [1.165, 1.54) is 24.7 Å². The third kappa shape index (κ3) is 6.34. The van der Waals surface area contributed by atoms with Crippen LogP contribution in [0, 0.1) is 44.6 Å². The number of aromatic nitrogens is 4. The SMILES string of the molecule is C#C[C@]1(COC(=O)CC(C)(C)c2c(C)cc(C)cc2OC(C)=O)O[C@@H](n2cnc3c(=N)n(Cc4oc(=O)oc4C)c(F)nc32)C[C@@H]1O. The number of rotatable bonds is 9. The van der Waals surface area contributed by atoms with Crippen LogP contribution in [0.1, 0.15) is 68.1 Å². The Morgan fingerprint density at radius 1 is 1.28 bits per heavy atom. The van der Waals surface area contributed by atoms with E-state index in [9.17, 15) is 19.5 Å². The van der Waals surface area contributed by atoms with Gasteiger partial charge in [0.1, 0.15) is 30.4 Å². The molecule has 1 saturated heterocycles. The van der Waals surface area contributed by atoms with Gasteiger partial charge in [0, 0.05) is 24.3 Å². The van der Waals surface area contributed by atoms with E-state index in [1.54, 1.807) is 6.07 Å². The number of carbonyl (C=O) groups is 2. The number of aliphatic hydroxyl groups is 1. The Labute approximate surface area is 267 Å². The Balaban J connectivity index is 1.33. The zero-order chi connectivity index (χ0) is 34.4. The van der Waals surface area contributed by atoms with Crippen molar-refractivity contribution in [2.24, 2.45) is 0 Å². The number of imidazole rings is 1. The quantitative estimate of drug-likeness (QED) is 0.117. The van der Waals surface area contributed by atoms with Crippen molar-refractivity contribution in [2.75, 3.05) is 6.61 Å². The van der Waals surface area contributed by atoms with Gasteiger partial charge >= 0.3 is 17.8 Å². The molecule has 2 N–H and O–H groups in total. The molecule has 14 nitrogen and oxygen atoms in total. The van der Waals surface area contributed by atoms with E-state index >= 15 is 4.39 Å². The number of hydrogen-bond acceptors (Lipinski definition) is 12. The number of halogens is 1. The first kappa shape index (κ1) is 33.3. The minimum atomic E-state index is -1.75. The molecule has 0 saturated carbocycles. The van der Waals surface area contributed by atoms with E-state index < -0.39 is 53.8 Å². The number of aryl methyl sites for hydroxylation is 3. The van der Waals surface area contributed by atoms with Gasteiger partial charge in [-0.1, -0.05) is 25.8 Å². The van der Waals surface area contributed by atoms with Gasteiger partial charge in [0.15, 0.2) is 28.0 Å². The standard InChI is InChI=1S/C32H34FN5O9/c1-8-32(14-43-24(41)12-31(6,7)25-17(3)9-16(2)10-20(25)45-19(5)39)22(40)11-23(47-32)38-15-35-26-27(34)37(29(33)36-28(26)38)13-21-18(4)44-30(42)46-21/h1,9-10,15,22-23,34,40H,11-14H2,2-7H3/t22-,23+,32+/m0/s1. The van der Waals surface area contributed by atoms with Crippen molar-refractivity contribution in [3.05, 3.63) is 68.9 Å². The summed E-state index contributed by atoms with van der Waals surface area (Å²) in [4.78, 5) is 44.5. The van der Waals surface area contributed by atoms with Gasteiger partial charge in [-0.15, -0.1) is 6.42 Å². The fourth-order valence-corrected chi connectivity index (χ4v) is 5.96. The Kier molecular flexibility index (Phi) is 8.69. The summed E-state index contributed by atoms with van der Waals surface area (Å²) in [6.45, 7) is 9.31. The molecule has 248 valence electrons. The molecule has 1 aliphatic rings. The molecule has 0 amide bonds. The number of nitrogens with zero attached hydrogens (tertiary/aromatic N) is 4. The van der Waals surface area contributed by atoms with E-state index in [2.05, 4.69) is 15.9 Å². The highest BCUT2D eigenvalue weighted by molar-refractivity contribution is 5.74. The van der Waals surface area contributed by atoms with Crippen LogP contribution in [-0.2, 0) is 31.0 Å². The number of esters is 2. The van der Waals surface area contributed by atoms with Crippen LogP contribution in [0.15, 0.2) is 32.1 Å². The predicted molar refractivity (Wildman–Crippen MR) is 161 cm³/mol. The lowest BCUT2D eigenvalue weighted by atomic mass is 9.78. The van der Waals surface area contributed by atoms with Gasteiger partial charge in [0.05, 0.1) is 19.3 Å². The molecule has 1 fully saturated rings. The predicted octanol–water partition coefficient (Wildman–Crippen LogP) is 2.86. The zero-order valence-electron chi connectivity index (χ0n) is 26.7. The number of nitrogens with one attached hydrogen (secondary N) is 1. The van der Waals surface area contributed by atoms with Crippen LogP contribution in [0.25, 0.3) is 11.2 Å². The van der Waals surface area contributed by atoms with Crippen LogP contribution in [-0.4, -0.2) is 54.5 Å². The maximum atomic E-state index is 15.2. The number of terminal acetylenes is 1. The maximum absolute atomic E-state index is 15.2. The van der Waals surface area contributed by atoms with Gasteiger partial charge in [0.25, 0.3) is 6.08 Å². The van der Waals surface area contributed by atoms with Crippen LogP contribution in [0.2, 0.25) is 0 Å². The van der Waals surface area contributed by atoms with Crippen LogP contribution < -0.4 is 16.0 Å². The van der Waals surface area contributed by atoms with Crippen molar-refractivity contribution in [1.29, 1.82) is 5.41 Å². The number of benzene rings is 1. The van der Waals surface area contributed by atoms with Crippen molar-refractivity contribution >= 4 is 23.1 Å². The highest BCUT2D eigenvalue weighted by atomic mass is 19.1. The highest BCUT2D eigenvalue weighted by Crippen LogP contribution is 2.40. The van der Waals surface area contributed by atoms with Crippen molar-refractivity contribution in [3.8, 4) is 18.1 Å². The summed E-state index contributed by atoms with van der Waals surface area (Å²) >= 11 is 0. The molecule has 4 aromatic rings. The third-order valence-electron chi connectivity index (χ3n) is 8.09. The number of carbonyl (C=O) groups excluding carboxylic acids is 2. The van der Waals surface area contributed by atoms with Gasteiger partial charge < -0.3 is 28.2 Å². The van der Waals surface area contributed by atoms with Gasteiger partial charge in [0.2, 0.25) is 0 Å². The molecule has 0 radical (unpaired) electrons.